The molecule has 0 radical (unpaired) electrons. The third-order valence-electron chi connectivity index (χ3n) is 7.23. The first-order valence-electron chi connectivity index (χ1n) is 11.9. The summed E-state index contributed by atoms with van der Waals surface area (Å²) in [7, 11) is 0. The maximum atomic E-state index is 6.39. The summed E-state index contributed by atoms with van der Waals surface area (Å²) >= 11 is 6.14. The molecule has 176 valence electrons. The van der Waals surface area contributed by atoms with Crippen LogP contribution in [0, 0.1) is 0 Å². The van der Waals surface area contributed by atoms with Gasteiger partial charge in [0.05, 0.1) is 23.2 Å². The standard InChI is InChI=1S/C27H30ClN5O/c1-5-27(6-2,19-12-14-20(28)15-13-19)25-32-31-24(34-25)21-17-29-33-23(21)30-22(16-26(33,3)4)18-10-8-7-9-11-18/h7-15,17,22,30H,5-6,16H2,1-4H3. The average molecular weight is 476 g/mol. The van der Waals surface area contributed by atoms with Crippen LogP contribution in [0.3, 0.4) is 0 Å². The van der Waals surface area contributed by atoms with Crippen molar-refractivity contribution in [3.63, 3.8) is 0 Å². The van der Waals surface area contributed by atoms with Crippen molar-refractivity contribution >= 4 is 17.4 Å². The Balaban J connectivity index is 1.55. The zero-order valence-corrected chi connectivity index (χ0v) is 20.8. The summed E-state index contributed by atoms with van der Waals surface area (Å²) in [6.07, 6.45) is 4.42. The molecule has 0 spiro atoms. The summed E-state index contributed by atoms with van der Waals surface area (Å²) in [6, 6.07) is 18.6. The van der Waals surface area contributed by atoms with Crippen LogP contribution in [-0.2, 0) is 11.0 Å². The lowest BCUT2D eigenvalue weighted by Gasteiger charge is -2.38. The van der Waals surface area contributed by atoms with E-state index in [1.807, 2.05) is 29.1 Å². The number of fused-ring (bicyclic) bond motifs is 1. The lowest BCUT2D eigenvalue weighted by Crippen LogP contribution is -2.37. The molecular formula is C27H30ClN5O. The molecule has 2 aromatic heterocycles. The normalized spacial score (nSPS) is 17.3. The van der Waals surface area contributed by atoms with Gasteiger partial charge in [-0.2, -0.15) is 5.10 Å². The van der Waals surface area contributed by atoms with Crippen molar-refractivity contribution in [3.8, 4) is 11.5 Å². The Labute approximate surface area is 205 Å². The first kappa shape index (κ1) is 22.7. The Bertz CT molecular complexity index is 1270. The highest BCUT2D eigenvalue weighted by Gasteiger charge is 2.39. The third-order valence-corrected chi connectivity index (χ3v) is 7.48. The summed E-state index contributed by atoms with van der Waals surface area (Å²) in [5.41, 5.74) is 2.66. The molecule has 1 atom stereocenters. The van der Waals surface area contributed by atoms with Crippen LogP contribution in [0.25, 0.3) is 11.5 Å². The molecular weight excluding hydrogens is 446 g/mol. The largest absolute Gasteiger partial charge is 0.420 e. The van der Waals surface area contributed by atoms with Gasteiger partial charge in [0.2, 0.25) is 5.89 Å². The Hall–Kier alpha value is -3.12. The molecule has 5 rings (SSSR count). The van der Waals surface area contributed by atoms with Gasteiger partial charge in [-0.25, -0.2) is 4.68 Å². The molecule has 2 aromatic carbocycles. The van der Waals surface area contributed by atoms with E-state index in [4.69, 9.17) is 21.1 Å². The molecule has 1 unspecified atom stereocenters. The lowest BCUT2D eigenvalue weighted by atomic mass is 9.76. The summed E-state index contributed by atoms with van der Waals surface area (Å²) in [4.78, 5) is 0. The maximum absolute atomic E-state index is 6.39. The van der Waals surface area contributed by atoms with Gasteiger partial charge in [-0.05, 0) is 56.4 Å². The minimum Gasteiger partial charge on any atom is -0.420 e. The quantitative estimate of drug-likeness (QED) is 0.325. The van der Waals surface area contributed by atoms with E-state index in [-0.39, 0.29) is 17.0 Å². The average Bonchev–Trinajstić information content (AvgIpc) is 3.50. The first-order valence-corrected chi connectivity index (χ1v) is 12.3. The van der Waals surface area contributed by atoms with Gasteiger partial charge in [0.25, 0.3) is 5.89 Å². The summed E-state index contributed by atoms with van der Waals surface area (Å²) < 4.78 is 8.43. The zero-order valence-electron chi connectivity index (χ0n) is 20.0. The number of aromatic nitrogens is 4. The van der Waals surface area contributed by atoms with Crippen LogP contribution in [0.4, 0.5) is 5.82 Å². The lowest BCUT2D eigenvalue weighted by molar-refractivity contribution is 0.263. The van der Waals surface area contributed by atoms with Gasteiger partial charge < -0.3 is 9.73 Å². The molecule has 4 aromatic rings. The number of hydrogen-bond acceptors (Lipinski definition) is 5. The fraction of sp³-hybridized carbons (Fsp3) is 0.370. The molecule has 0 aliphatic carbocycles. The number of rotatable bonds is 6. The van der Waals surface area contributed by atoms with Crippen molar-refractivity contribution in [1.29, 1.82) is 0 Å². The van der Waals surface area contributed by atoms with Crippen LogP contribution >= 0.6 is 11.6 Å². The van der Waals surface area contributed by atoms with Crippen LogP contribution in [0.2, 0.25) is 5.02 Å². The molecule has 34 heavy (non-hydrogen) atoms. The Morgan fingerprint density at radius 2 is 1.76 bits per heavy atom. The second kappa shape index (κ2) is 8.58. The van der Waals surface area contributed by atoms with Crippen molar-refractivity contribution in [2.24, 2.45) is 0 Å². The summed E-state index contributed by atoms with van der Waals surface area (Å²) in [6.45, 7) is 8.72. The molecule has 1 N–H and O–H groups in total. The van der Waals surface area contributed by atoms with Gasteiger partial charge in [-0.15, -0.1) is 10.2 Å². The van der Waals surface area contributed by atoms with Gasteiger partial charge in [0.1, 0.15) is 11.4 Å². The van der Waals surface area contributed by atoms with E-state index < -0.39 is 0 Å². The van der Waals surface area contributed by atoms with Crippen molar-refractivity contribution in [2.45, 2.75) is 64.0 Å². The van der Waals surface area contributed by atoms with Crippen molar-refractivity contribution < 1.29 is 4.42 Å². The second-order valence-electron chi connectivity index (χ2n) is 9.65. The fourth-order valence-corrected chi connectivity index (χ4v) is 5.30. The van der Waals surface area contributed by atoms with E-state index >= 15 is 0 Å². The van der Waals surface area contributed by atoms with Gasteiger partial charge in [0, 0.05) is 5.02 Å². The number of nitrogens with one attached hydrogen (secondary N) is 1. The van der Waals surface area contributed by atoms with Crippen LogP contribution in [0.1, 0.15) is 70.0 Å². The van der Waals surface area contributed by atoms with E-state index in [2.05, 4.69) is 79.6 Å². The van der Waals surface area contributed by atoms with Gasteiger partial charge in [-0.1, -0.05) is 67.9 Å². The maximum Gasteiger partial charge on any atom is 0.253 e. The molecule has 3 heterocycles. The monoisotopic (exact) mass is 475 g/mol. The van der Waals surface area contributed by atoms with Crippen LogP contribution in [-0.4, -0.2) is 20.0 Å². The van der Waals surface area contributed by atoms with Crippen molar-refractivity contribution in [2.75, 3.05) is 5.32 Å². The molecule has 1 aliphatic heterocycles. The number of nitrogens with zero attached hydrogens (tertiary/aromatic N) is 4. The highest BCUT2D eigenvalue weighted by Crippen LogP contribution is 2.44. The summed E-state index contributed by atoms with van der Waals surface area (Å²) in [5.74, 6) is 2.00. The minimum atomic E-state index is -0.373. The van der Waals surface area contributed by atoms with Gasteiger partial charge >= 0.3 is 0 Å². The van der Waals surface area contributed by atoms with Crippen LogP contribution in [0.15, 0.2) is 65.2 Å². The summed E-state index contributed by atoms with van der Waals surface area (Å²) in [5, 5.41) is 18.1. The molecule has 0 amide bonds. The van der Waals surface area contributed by atoms with E-state index in [1.54, 1.807) is 0 Å². The molecule has 0 bridgehead atoms. The van der Waals surface area contributed by atoms with E-state index in [1.165, 1.54) is 5.56 Å². The second-order valence-corrected chi connectivity index (χ2v) is 10.1. The van der Waals surface area contributed by atoms with Crippen LogP contribution < -0.4 is 5.32 Å². The predicted molar refractivity (Wildman–Crippen MR) is 135 cm³/mol. The Morgan fingerprint density at radius 1 is 1.06 bits per heavy atom. The van der Waals surface area contributed by atoms with Crippen LogP contribution in [0.5, 0.6) is 0 Å². The fourth-order valence-electron chi connectivity index (χ4n) is 5.17. The highest BCUT2D eigenvalue weighted by atomic mass is 35.5. The molecule has 1 aliphatic rings. The molecule has 0 saturated heterocycles. The Morgan fingerprint density at radius 3 is 2.44 bits per heavy atom. The van der Waals surface area contributed by atoms with Crippen molar-refractivity contribution in [3.05, 3.63) is 82.8 Å². The van der Waals surface area contributed by atoms with Gasteiger partial charge in [0.15, 0.2) is 0 Å². The third kappa shape index (κ3) is 3.70. The Kier molecular flexibility index (Phi) is 5.72. The number of halogens is 1. The predicted octanol–water partition coefficient (Wildman–Crippen LogP) is 6.98. The van der Waals surface area contributed by atoms with Crippen molar-refractivity contribution in [1.82, 2.24) is 20.0 Å². The highest BCUT2D eigenvalue weighted by molar-refractivity contribution is 6.30. The first-order chi connectivity index (χ1) is 16.4. The molecule has 7 heteroatoms. The number of anilines is 1. The SMILES string of the molecule is CCC(CC)(c1ccc(Cl)cc1)c1nnc(-c2cnn3c2NC(c2ccccc2)CC3(C)C)o1. The topological polar surface area (TPSA) is 68.8 Å². The number of benzene rings is 2. The van der Waals surface area contributed by atoms with E-state index in [0.717, 1.165) is 36.2 Å². The molecule has 0 saturated carbocycles. The molecule has 6 nitrogen and oxygen atoms in total. The number of hydrogen-bond donors (Lipinski definition) is 1. The molecule has 0 fully saturated rings. The van der Waals surface area contributed by atoms with E-state index in [9.17, 15) is 0 Å². The minimum absolute atomic E-state index is 0.165. The smallest absolute Gasteiger partial charge is 0.253 e. The van der Waals surface area contributed by atoms with Gasteiger partial charge in [-0.3, -0.25) is 0 Å². The van der Waals surface area contributed by atoms with E-state index in [0.29, 0.717) is 16.8 Å². The zero-order chi connectivity index (χ0) is 23.9.